The van der Waals surface area contributed by atoms with Crippen LogP contribution < -0.4 is 9.85 Å². The van der Waals surface area contributed by atoms with Gasteiger partial charge in [0.15, 0.2) is 6.61 Å². The summed E-state index contributed by atoms with van der Waals surface area (Å²) in [5.74, 6) is 0.0481. The Bertz CT molecular complexity index is 408. The van der Waals surface area contributed by atoms with E-state index >= 15 is 0 Å². The average molecular weight is 275 g/mol. The van der Waals surface area contributed by atoms with Gasteiger partial charge in [0.05, 0.1) is 5.41 Å². The SMILES string of the molecule is CC(C)(C)C(=O)OCCOn1on1N1CC(CO)C1. The summed E-state index contributed by atoms with van der Waals surface area (Å²) in [4.78, 5) is 18.1. The van der Waals surface area contributed by atoms with Gasteiger partial charge in [0.25, 0.3) is 0 Å². The molecule has 0 saturated carbocycles. The van der Waals surface area contributed by atoms with E-state index in [1.807, 2.05) is 5.01 Å². The third-order valence-electron chi connectivity index (χ3n) is 2.83. The lowest BCUT2D eigenvalue weighted by Crippen LogP contribution is -2.53. The highest BCUT2D eigenvalue weighted by atomic mass is 17.0. The van der Waals surface area contributed by atoms with E-state index in [1.165, 1.54) is 9.98 Å². The fourth-order valence-electron chi connectivity index (χ4n) is 1.54. The number of carbonyl (C=O) groups is 1. The minimum Gasteiger partial charge on any atom is -0.462 e. The second kappa shape index (κ2) is 5.20. The van der Waals surface area contributed by atoms with Crippen molar-refractivity contribution < 1.29 is 24.1 Å². The van der Waals surface area contributed by atoms with Crippen molar-refractivity contribution in [3.63, 3.8) is 0 Å². The van der Waals surface area contributed by atoms with Crippen LogP contribution in [0.15, 0.2) is 4.63 Å². The lowest BCUT2D eigenvalue weighted by molar-refractivity contribution is -0.154. The molecule has 110 valence electrons. The first-order valence-corrected chi connectivity index (χ1v) is 6.36. The Morgan fingerprint density at radius 1 is 1.37 bits per heavy atom. The number of rotatable bonds is 6. The molecule has 2 rings (SSSR count). The molecule has 0 aliphatic carbocycles. The third-order valence-corrected chi connectivity index (χ3v) is 2.83. The van der Waals surface area contributed by atoms with Crippen LogP contribution in [0.1, 0.15) is 20.8 Å². The van der Waals surface area contributed by atoms with E-state index in [4.69, 9.17) is 19.3 Å². The first kappa shape index (κ1) is 13.9. The zero-order valence-corrected chi connectivity index (χ0v) is 11.5. The summed E-state index contributed by atoms with van der Waals surface area (Å²) in [6.45, 7) is 7.49. The topological polar surface area (TPSA) is 82.0 Å². The molecule has 1 N–H and O–H groups in total. The van der Waals surface area contributed by atoms with Crippen LogP contribution in [0.3, 0.4) is 0 Å². The van der Waals surface area contributed by atoms with Crippen LogP contribution in [-0.4, -0.2) is 54.0 Å². The van der Waals surface area contributed by atoms with Crippen LogP contribution in [0, 0.1) is 11.3 Å². The highest BCUT2D eigenvalue weighted by Gasteiger charge is 2.33. The monoisotopic (exact) mass is 275 g/mol. The van der Waals surface area contributed by atoms with Gasteiger partial charge < -0.3 is 14.7 Å². The molecule has 1 aliphatic rings. The summed E-state index contributed by atoms with van der Waals surface area (Å²) in [5, 5.41) is 12.0. The van der Waals surface area contributed by atoms with Gasteiger partial charge in [0.2, 0.25) is 0 Å². The first-order valence-electron chi connectivity index (χ1n) is 6.36. The van der Waals surface area contributed by atoms with Crippen LogP contribution in [-0.2, 0) is 9.53 Å². The highest BCUT2D eigenvalue weighted by Crippen LogP contribution is 2.15. The number of aliphatic hydroxyl groups is 1. The number of aliphatic hydroxyl groups excluding tert-OH is 1. The van der Waals surface area contributed by atoms with Crippen molar-refractivity contribution in [2.24, 2.45) is 11.3 Å². The Morgan fingerprint density at radius 2 is 2.05 bits per heavy atom. The normalized spacial score (nSPS) is 16.5. The maximum Gasteiger partial charge on any atom is 0.311 e. The molecule has 0 radical (unpaired) electrons. The molecule has 0 atom stereocenters. The van der Waals surface area contributed by atoms with E-state index in [2.05, 4.69) is 0 Å². The van der Waals surface area contributed by atoms with Crippen molar-refractivity contribution in [3.8, 4) is 0 Å². The van der Waals surface area contributed by atoms with Gasteiger partial charge in [-0.15, -0.1) is 0 Å². The molecule has 0 spiro atoms. The molecule has 1 aromatic rings. The number of carbonyl (C=O) groups excluding carboxylic acids is 1. The Labute approximate surface area is 111 Å². The van der Waals surface area contributed by atoms with Gasteiger partial charge >= 0.3 is 5.97 Å². The second-order valence-corrected chi connectivity index (χ2v) is 5.71. The maximum atomic E-state index is 11.5. The summed E-state index contributed by atoms with van der Waals surface area (Å²) >= 11 is 0. The lowest BCUT2D eigenvalue weighted by atomic mass is 9.97. The van der Waals surface area contributed by atoms with Gasteiger partial charge in [0, 0.05) is 30.6 Å². The molecule has 0 amide bonds. The van der Waals surface area contributed by atoms with Gasteiger partial charge in [-0.3, -0.25) is 9.80 Å². The highest BCUT2D eigenvalue weighted by molar-refractivity contribution is 5.75. The van der Waals surface area contributed by atoms with Crippen LogP contribution in [0.25, 0.3) is 0 Å². The van der Waals surface area contributed by atoms with Crippen molar-refractivity contribution in [1.82, 2.24) is 9.98 Å². The molecule has 1 fully saturated rings. The first-order chi connectivity index (χ1) is 8.91. The molecule has 19 heavy (non-hydrogen) atoms. The molecule has 8 heteroatoms. The molecular weight excluding hydrogens is 254 g/mol. The minimum atomic E-state index is -0.501. The number of hydrogen-bond acceptors (Lipinski definition) is 6. The molecule has 2 heterocycles. The Morgan fingerprint density at radius 3 is 2.63 bits per heavy atom. The average Bonchev–Trinajstić information content (AvgIpc) is 3.01. The smallest absolute Gasteiger partial charge is 0.311 e. The second-order valence-electron chi connectivity index (χ2n) is 5.71. The van der Waals surface area contributed by atoms with E-state index in [0.717, 1.165) is 13.1 Å². The number of hydrogen-bond donors (Lipinski definition) is 1. The zero-order valence-electron chi connectivity index (χ0n) is 11.5. The van der Waals surface area contributed by atoms with Gasteiger partial charge in [0.1, 0.15) is 11.6 Å². The van der Waals surface area contributed by atoms with Crippen molar-refractivity contribution in [1.29, 1.82) is 0 Å². The molecule has 0 unspecified atom stereocenters. The summed E-state index contributed by atoms with van der Waals surface area (Å²) in [6.07, 6.45) is 0. The fourth-order valence-corrected chi connectivity index (χ4v) is 1.54. The lowest BCUT2D eigenvalue weighted by Gasteiger charge is -2.34. The van der Waals surface area contributed by atoms with Crippen molar-refractivity contribution >= 4 is 5.97 Å². The number of esters is 1. The number of aromatic nitrogens is 2. The molecule has 0 bridgehead atoms. The van der Waals surface area contributed by atoms with E-state index in [1.54, 1.807) is 20.8 Å². The van der Waals surface area contributed by atoms with Crippen LogP contribution in [0.4, 0.5) is 0 Å². The summed E-state index contributed by atoms with van der Waals surface area (Å²) in [5.41, 5.74) is -0.501. The van der Waals surface area contributed by atoms with Crippen molar-refractivity contribution in [2.45, 2.75) is 20.8 Å². The molecule has 1 aromatic heterocycles. The van der Waals surface area contributed by atoms with Gasteiger partial charge in [-0.1, -0.05) is 0 Å². The summed E-state index contributed by atoms with van der Waals surface area (Å²) in [6, 6.07) is 0. The standard InChI is InChI=1S/C11H21N3O5/c1-11(2,3)10(16)17-4-5-18-14-13(19-14)12-6-9(7-12)8-15/h9,15H,4-8H2,1-3H3. The van der Waals surface area contributed by atoms with Crippen LogP contribution in [0.2, 0.25) is 0 Å². The third kappa shape index (κ3) is 3.46. The predicted octanol–water partition coefficient (Wildman–Crippen LogP) is -0.539. The predicted molar refractivity (Wildman–Crippen MR) is 65.1 cm³/mol. The van der Waals surface area contributed by atoms with Gasteiger partial charge in [-0.2, -0.15) is 4.63 Å². The Hall–Kier alpha value is -1.57. The fraction of sp³-hybridized carbons (Fsp3) is 0.909. The largest absolute Gasteiger partial charge is 0.462 e. The van der Waals surface area contributed by atoms with Crippen LogP contribution >= 0.6 is 0 Å². The quantitative estimate of drug-likeness (QED) is 0.555. The van der Waals surface area contributed by atoms with E-state index in [9.17, 15) is 4.79 Å². The number of ether oxygens (including phenoxy) is 1. The van der Waals surface area contributed by atoms with Crippen molar-refractivity contribution in [3.05, 3.63) is 0 Å². The summed E-state index contributed by atoms with van der Waals surface area (Å²) in [7, 11) is 0. The Kier molecular flexibility index (Phi) is 3.79. The molecule has 0 aromatic carbocycles. The minimum absolute atomic E-state index is 0.184. The molecule has 8 nitrogen and oxygen atoms in total. The summed E-state index contributed by atoms with van der Waals surface area (Å²) < 4.78 is 10.1. The van der Waals surface area contributed by atoms with Gasteiger partial charge in [-0.05, 0) is 20.8 Å². The molecule has 1 aliphatic heterocycles. The maximum absolute atomic E-state index is 11.5. The number of nitrogens with zero attached hydrogens (tertiary/aromatic N) is 3. The van der Waals surface area contributed by atoms with E-state index in [-0.39, 0.29) is 25.8 Å². The zero-order chi connectivity index (χ0) is 14.0. The molecule has 1 saturated heterocycles. The van der Waals surface area contributed by atoms with E-state index < -0.39 is 5.41 Å². The Balaban J connectivity index is 1.57. The molecular formula is C11H21N3O5. The van der Waals surface area contributed by atoms with Crippen LogP contribution in [0.5, 0.6) is 0 Å². The van der Waals surface area contributed by atoms with Crippen molar-refractivity contribution in [2.75, 3.05) is 37.9 Å². The van der Waals surface area contributed by atoms with Gasteiger partial charge in [-0.25, -0.2) is 0 Å². The van der Waals surface area contributed by atoms with E-state index in [0.29, 0.717) is 5.92 Å².